The number of hydrazine groups is 1. The van der Waals surface area contributed by atoms with Crippen molar-refractivity contribution in [3.8, 4) is 5.75 Å². The first-order valence-corrected chi connectivity index (χ1v) is 6.43. The van der Waals surface area contributed by atoms with Crippen molar-refractivity contribution >= 4 is 0 Å². The van der Waals surface area contributed by atoms with Crippen LogP contribution in [0.3, 0.4) is 0 Å². The van der Waals surface area contributed by atoms with Crippen molar-refractivity contribution in [3.63, 3.8) is 0 Å². The summed E-state index contributed by atoms with van der Waals surface area (Å²) in [5.41, 5.74) is 6.10. The molecular weight excluding hydrogens is 255 g/mol. The largest absolute Gasteiger partial charge is 0.496 e. The Morgan fingerprint density at radius 3 is 2.20 bits per heavy atom. The lowest BCUT2D eigenvalue weighted by molar-refractivity contribution is 0.410. The smallest absolute Gasteiger partial charge is 0.126 e. The molecule has 4 heteroatoms. The molecule has 2 aromatic carbocycles. The molecule has 0 aromatic heterocycles. The highest BCUT2D eigenvalue weighted by Crippen LogP contribution is 2.27. The molecular formula is C16H19FN2O. The molecule has 0 aliphatic rings. The molecule has 2 rings (SSSR count). The fourth-order valence-electron chi connectivity index (χ4n) is 2.19. The van der Waals surface area contributed by atoms with E-state index in [2.05, 4.69) is 5.43 Å². The van der Waals surface area contributed by atoms with Crippen molar-refractivity contribution in [2.45, 2.75) is 19.9 Å². The minimum Gasteiger partial charge on any atom is -0.496 e. The number of hydrogen-bond donors (Lipinski definition) is 2. The lowest BCUT2D eigenvalue weighted by atomic mass is 9.97. The monoisotopic (exact) mass is 274 g/mol. The zero-order valence-corrected chi connectivity index (χ0v) is 11.9. The van der Waals surface area contributed by atoms with Gasteiger partial charge in [0.1, 0.15) is 11.6 Å². The zero-order valence-electron chi connectivity index (χ0n) is 11.9. The van der Waals surface area contributed by atoms with Gasteiger partial charge in [0.05, 0.1) is 13.2 Å². The van der Waals surface area contributed by atoms with Gasteiger partial charge in [0.2, 0.25) is 0 Å². The Hall–Kier alpha value is -1.91. The lowest BCUT2D eigenvalue weighted by Crippen LogP contribution is -2.29. The van der Waals surface area contributed by atoms with Crippen LogP contribution >= 0.6 is 0 Å². The van der Waals surface area contributed by atoms with E-state index in [0.29, 0.717) is 5.56 Å². The Morgan fingerprint density at radius 2 is 1.65 bits per heavy atom. The van der Waals surface area contributed by atoms with Crippen LogP contribution in [0.5, 0.6) is 5.75 Å². The van der Waals surface area contributed by atoms with Crippen molar-refractivity contribution < 1.29 is 9.13 Å². The maximum absolute atomic E-state index is 13.7. The van der Waals surface area contributed by atoms with E-state index in [-0.39, 0.29) is 11.9 Å². The van der Waals surface area contributed by atoms with Gasteiger partial charge in [0.15, 0.2) is 0 Å². The SMILES string of the molecule is COc1cc(C(NN)c2ccc(C)c(F)c2)ccc1C. The van der Waals surface area contributed by atoms with Crippen LogP contribution in [0.4, 0.5) is 4.39 Å². The molecule has 0 fully saturated rings. The predicted molar refractivity (Wildman–Crippen MR) is 78.0 cm³/mol. The third-order valence-corrected chi connectivity index (χ3v) is 3.46. The minimum absolute atomic E-state index is 0.234. The van der Waals surface area contributed by atoms with E-state index in [9.17, 15) is 4.39 Å². The number of hydrogen-bond acceptors (Lipinski definition) is 3. The van der Waals surface area contributed by atoms with E-state index in [4.69, 9.17) is 10.6 Å². The number of nitrogens with two attached hydrogens (primary N) is 1. The van der Waals surface area contributed by atoms with E-state index in [1.807, 2.05) is 31.2 Å². The molecule has 0 radical (unpaired) electrons. The summed E-state index contributed by atoms with van der Waals surface area (Å²) in [5, 5.41) is 0. The lowest BCUT2D eigenvalue weighted by Gasteiger charge is -2.19. The first-order chi connectivity index (χ1) is 9.56. The van der Waals surface area contributed by atoms with Crippen LogP contribution in [0.1, 0.15) is 28.3 Å². The summed E-state index contributed by atoms with van der Waals surface area (Å²) >= 11 is 0. The second-order valence-corrected chi connectivity index (χ2v) is 4.84. The summed E-state index contributed by atoms with van der Waals surface area (Å²) < 4.78 is 19.0. The van der Waals surface area contributed by atoms with Crippen molar-refractivity contribution in [2.24, 2.45) is 5.84 Å². The average molecular weight is 274 g/mol. The van der Waals surface area contributed by atoms with Gasteiger partial charge in [-0.25, -0.2) is 9.82 Å². The minimum atomic E-state index is -0.278. The molecule has 2 aromatic rings. The summed E-state index contributed by atoms with van der Waals surface area (Å²) in [6.45, 7) is 3.71. The van der Waals surface area contributed by atoms with E-state index >= 15 is 0 Å². The van der Waals surface area contributed by atoms with Crippen molar-refractivity contribution in [3.05, 3.63) is 64.5 Å². The van der Waals surface area contributed by atoms with E-state index < -0.39 is 0 Å². The Labute approximate surface area is 118 Å². The summed E-state index contributed by atoms with van der Waals surface area (Å²) in [6.07, 6.45) is 0. The third kappa shape index (κ3) is 2.81. The second-order valence-electron chi connectivity index (χ2n) is 4.84. The quantitative estimate of drug-likeness (QED) is 0.665. The van der Waals surface area contributed by atoms with Gasteiger partial charge in [-0.05, 0) is 48.2 Å². The van der Waals surface area contributed by atoms with E-state index in [1.165, 1.54) is 6.07 Å². The zero-order chi connectivity index (χ0) is 14.7. The summed E-state index contributed by atoms with van der Waals surface area (Å²) in [5.74, 6) is 6.19. The normalized spacial score (nSPS) is 12.2. The molecule has 3 N–H and O–H groups in total. The van der Waals surface area contributed by atoms with Crippen LogP contribution in [0, 0.1) is 19.7 Å². The van der Waals surface area contributed by atoms with Crippen LogP contribution in [0.25, 0.3) is 0 Å². The maximum Gasteiger partial charge on any atom is 0.126 e. The Kier molecular flexibility index (Phi) is 4.37. The molecule has 0 bridgehead atoms. The molecule has 3 nitrogen and oxygen atoms in total. The second kappa shape index (κ2) is 6.03. The van der Waals surface area contributed by atoms with Gasteiger partial charge in [0, 0.05) is 0 Å². The number of methoxy groups -OCH3 is 1. The number of rotatable bonds is 4. The number of halogens is 1. The molecule has 0 saturated carbocycles. The molecule has 0 heterocycles. The standard InChI is InChI=1S/C16H19FN2O/c1-10-4-6-12(8-14(10)17)16(19-18)13-7-5-11(2)15(9-13)20-3/h4-9,16,19H,18H2,1-3H3. The van der Waals surface area contributed by atoms with Gasteiger partial charge in [-0.15, -0.1) is 0 Å². The van der Waals surface area contributed by atoms with Crippen LogP contribution in [-0.2, 0) is 0 Å². The predicted octanol–water partition coefficient (Wildman–Crippen LogP) is 3.00. The highest BCUT2D eigenvalue weighted by Gasteiger charge is 2.15. The fraction of sp³-hybridized carbons (Fsp3) is 0.250. The first-order valence-electron chi connectivity index (χ1n) is 6.43. The number of ether oxygens (including phenoxy) is 1. The van der Waals surface area contributed by atoms with Gasteiger partial charge in [0.25, 0.3) is 0 Å². The van der Waals surface area contributed by atoms with Gasteiger partial charge in [-0.3, -0.25) is 5.84 Å². The van der Waals surface area contributed by atoms with Crippen LogP contribution < -0.4 is 16.0 Å². The average Bonchev–Trinajstić information content (AvgIpc) is 2.45. The van der Waals surface area contributed by atoms with Crippen LogP contribution in [-0.4, -0.2) is 7.11 Å². The van der Waals surface area contributed by atoms with Crippen molar-refractivity contribution in [1.29, 1.82) is 0 Å². The Morgan fingerprint density at radius 1 is 1.05 bits per heavy atom. The molecule has 0 amide bonds. The molecule has 0 saturated heterocycles. The third-order valence-electron chi connectivity index (χ3n) is 3.46. The number of benzene rings is 2. The first kappa shape index (κ1) is 14.5. The fourth-order valence-corrected chi connectivity index (χ4v) is 2.19. The van der Waals surface area contributed by atoms with E-state index in [0.717, 1.165) is 22.4 Å². The van der Waals surface area contributed by atoms with E-state index in [1.54, 1.807) is 20.1 Å². The molecule has 1 atom stereocenters. The maximum atomic E-state index is 13.7. The van der Waals surface area contributed by atoms with Crippen molar-refractivity contribution in [1.82, 2.24) is 5.43 Å². The number of nitrogens with one attached hydrogen (secondary N) is 1. The molecule has 106 valence electrons. The van der Waals surface area contributed by atoms with Crippen LogP contribution in [0.2, 0.25) is 0 Å². The van der Waals surface area contributed by atoms with Gasteiger partial charge in [-0.1, -0.05) is 24.3 Å². The van der Waals surface area contributed by atoms with Gasteiger partial charge < -0.3 is 4.74 Å². The van der Waals surface area contributed by atoms with Gasteiger partial charge >= 0.3 is 0 Å². The molecule has 0 aliphatic heterocycles. The highest BCUT2D eigenvalue weighted by molar-refractivity contribution is 5.41. The van der Waals surface area contributed by atoms with Gasteiger partial charge in [-0.2, -0.15) is 0 Å². The topological polar surface area (TPSA) is 47.3 Å². The van der Waals surface area contributed by atoms with Crippen molar-refractivity contribution in [2.75, 3.05) is 7.11 Å². The molecule has 20 heavy (non-hydrogen) atoms. The summed E-state index contributed by atoms with van der Waals surface area (Å²) in [4.78, 5) is 0. The number of aryl methyl sites for hydroxylation is 2. The summed E-state index contributed by atoms with van der Waals surface area (Å²) in [6, 6.07) is 10.7. The molecule has 1 unspecified atom stereocenters. The Bertz CT molecular complexity index is 613. The van der Waals surface area contributed by atoms with Crippen LogP contribution in [0.15, 0.2) is 36.4 Å². The highest BCUT2D eigenvalue weighted by atomic mass is 19.1. The Balaban J connectivity index is 2.43. The summed E-state index contributed by atoms with van der Waals surface area (Å²) in [7, 11) is 1.63. The molecule has 0 aliphatic carbocycles. The molecule has 0 spiro atoms.